The number of rotatable bonds is 5. The molecule has 0 N–H and O–H groups in total. The summed E-state index contributed by atoms with van der Waals surface area (Å²) >= 11 is 3.47. The minimum atomic E-state index is 0.669. The van der Waals surface area contributed by atoms with Gasteiger partial charge in [-0.25, -0.2) is 4.98 Å². The molecule has 0 fully saturated rings. The lowest BCUT2D eigenvalue weighted by molar-refractivity contribution is 0.711. The van der Waals surface area contributed by atoms with Crippen molar-refractivity contribution in [2.75, 3.05) is 17.8 Å². The minimum Gasteiger partial charge on any atom is -0.318 e. The second-order valence-electron chi connectivity index (χ2n) is 3.52. The highest BCUT2D eigenvalue weighted by Gasteiger charge is 2.09. The Hall–Kier alpha value is -1.05. The van der Waals surface area contributed by atoms with E-state index in [2.05, 4.69) is 33.9 Å². The first-order valence-electron chi connectivity index (χ1n) is 5.37. The molecule has 0 aliphatic rings. The topological polar surface area (TPSA) is 17.8 Å². The Morgan fingerprint density at radius 3 is 3.00 bits per heavy atom. The second-order valence-corrected chi connectivity index (χ2v) is 5.45. The third-order valence-electron chi connectivity index (χ3n) is 2.42. The summed E-state index contributed by atoms with van der Waals surface area (Å²) < 4.78 is 2.26. The molecule has 0 unspecified atom stereocenters. The number of hydrogen-bond donors (Lipinski definition) is 0. The molecule has 88 valence electrons. The molecule has 2 nitrogen and oxygen atoms in total. The molecule has 0 aliphatic heterocycles. The Balaban J connectivity index is 2.38. The third kappa shape index (κ3) is 2.80. The lowest BCUT2D eigenvalue weighted by Gasteiger charge is -2.06. The fourth-order valence-electron chi connectivity index (χ4n) is 1.67. The van der Waals surface area contributed by atoms with Crippen molar-refractivity contribution in [2.24, 2.45) is 0 Å². The van der Waals surface area contributed by atoms with Crippen LogP contribution in [-0.2, 0) is 6.54 Å². The fourth-order valence-corrected chi connectivity index (χ4v) is 2.75. The molecule has 4 heteroatoms. The largest absolute Gasteiger partial charge is 0.318 e. The molecule has 0 spiro atoms. The summed E-state index contributed by atoms with van der Waals surface area (Å²) in [6.07, 6.45) is 7.43. The van der Waals surface area contributed by atoms with Crippen molar-refractivity contribution >= 4 is 34.6 Å². The van der Waals surface area contributed by atoms with Gasteiger partial charge in [-0.1, -0.05) is 29.8 Å². The first kappa shape index (κ1) is 12.4. The summed E-state index contributed by atoms with van der Waals surface area (Å²) in [5.41, 5.74) is 2.24. The molecule has 0 saturated heterocycles. The van der Waals surface area contributed by atoms with Crippen molar-refractivity contribution in [1.29, 1.82) is 0 Å². The molecule has 1 aromatic heterocycles. The van der Waals surface area contributed by atoms with Gasteiger partial charge in [0.25, 0.3) is 0 Å². The van der Waals surface area contributed by atoms with Crippen molar-refractivity contribution in [3.05, 3.63) is 24.3 Å². The van der Waals surface area contributed by atoms with Crippen LogP contribution in [0.2, 0.25) is 0 Å². The summed E-state index contributed by atoms with van der Waals surface area (Å²) in [6.45, 7) is 0.981. The van der Waals surface area contributed by atoms with Crippen LogP contribution in [0.15, 0.2) is 29.4 Å². The molecule has 17 heavy (non-hydrogen) atoms. The van der Waals surface area contributed by atoms with Gasteiger partial charge >= 0.3 is 0 Å². The van der Waals surface area contributed by atoms with E-state index in [1.807, 2.05) is 23.9 Å². The molecule has 1 aromatic carbocycles. The van der Waals surface area contributed by atoms with Crippen LogP contribution in [0.3, 0.4) is 0 Å². The average Bonchev–Trinajstić information content (AvgIpc) is 2.71. The van der Waals surface area contributed by atoms with E-state index in [1.165, 1.54) is 5.52 Å². The monoisotopic (exact) mass is 262 g/mol. The van der Waals surface area contributed by atoms with Crippen LogP contribution in [0.5, 0.6) is 0 Å². The van der Waals surface area contributed by atoms with Crippen molar-refractivity contribution in [3.8, 4) is 12.3 Å². The maximum absolute atomic E-state index is 5.31. The molecule has 0 radical (unpaired) electrons. The summed E-state index contributed by atoms with van der Waals surface area (Å²) in [7, 11) is 0. The van der Waals surface area contributed by atoms with Gasteiger partial charge in [-0.2, -0.15) is 11.8 Å². The van der Waals surface area contributed by atoms with Crippen molar-refractivity contribution in [3.63, 3.8) is 0 Å². The molecule has 2 aromatic rings. The van der Waals surface area contributed by atoms with Crippen LogP contribution in [0.1, 0.15) is 0 Å². The van der Waals surface area contributed by atoms with Crippen LogP contribution < -0.4 is 0 Å². The van der Waals surface area contributed by atoms with Crippen LogP contribution in [0.4, 0.5) is 0 Å². The zero-order chi connectivity index (χ0) is 12.1. The van der Waals surface area contributed by atoms with Crippen molar-refractivity contribution in [1.82, 2.24) is 9.55 Å². The Kier molecular flexibility index (Phi) is 4.41. The second kappa shape index (κ2) is 6.04. The third-order valence-corrected chi connectivity index (χ3v) is 3.89. The van der Waals surface area contributed by atoms with E-state index in [9.17, 15) is 0 Å². The Labute approximate surface area is 110 Å². The molecule has 2 rings (SSSR count). The fraction of sp³-hybridized carbons (Fsp3) is 0.308. The van der Waals surface area contributed by atoms with Gasteiger partial charge in [-0.15, -0.1) is 6.42 Å². The quantitative estimate of drug-likeness (QED) is 0.609. The number of imidazole rings is 1. The highest BCUT2D eigenvalue weighted by molar-refractivity contribution is 7.99. The normalized spacial score (nSPS) is 10.6. The maximum atomic E-state index is 5.31. The SMILES string of the molecule is C#CCSc1nc2ccccc2n1CCSC. The van der Waals surface area contributed by atoms with Gasteiger partial charge < -0.3 is 4.57 Å². The predicted octanol–water partition coefficient (Wildman–Crippen LogP) is 3.12. The first-order valence-corrected chi connectivity index (χ1v) is 7.75. The number of thioether (sulfide) groups is 2. The van der Waals surface area contributed by atoms with Crippen molar-refractivity contribution < 1.29 is 0 Å². The Morgan fingerprint density at radius 1 is 1.41 bits per heavy atom. The number of aromatic nitrogens is 2. The van der Waals surface area contributed by atoms with E-state index in [0.717, 1.165) is 23.0 Å². The standard InChI is InChI=1S/C13H14N2S2/c1-3-9-17-13-14-11-6-4-5-7-12(11)15(13)8-10-16-2/h1,4-7H,8-10H2,2H3. The van der Waals surface area contributed by atoms with E-state index >= 15 is 0 Å². The number of terminal acetylenes is 1. The highest BCUT2D eigenvalue weighted by atomic mass is 32.2. The van der Waals surface area contributed by atoms with Crippen LogP contribution >= 0.6 is 23.5 Å². The van der Waals surface area contributed by atoms with Gasteiger partial charge in [0.1, 0.15) is 0 Å². The number of benzene rings is 1. The van der Waals surface area contributed by atoms with Gasteiger partial charge in [0, 0.05) is 12.3 Å². The summed E-state index contributed by atoms with van der Waals surface area (Å²) in [5.74, 6) is 4.40. The lowest BCUT2D eigenvalue weighted by Crippen LogP contribution is -2.02. The molecule has 0 atom stereocenters. The maximum Gasteiger partial charge on any atom is 0.170 e. The number of hydrogen-bond acceptors (Lipinski definition) is 3. The number of para-hydroxylation sites is 2. The molecule has 0 aliphatic carbocycles. The van der Waals surface area contributed by atoms with Crippen LogP contribution in [0, 0.1) is 12.3 Å². The Bertz CT molecular complexity index is 540. The van der Waals surface area contributed by atoms with Gasteiger partial charge in [-0.05, 0) is 18.4 Å². The highest BCUT2D eigenvalue weighted by Crippen LogP contribution is 2.24. The lowest BCUT2D eigenvalue weighted by atomic mass is 10.3. The molecule has 1 heterocycles. The summed E-state index contributed by atoms with van der Waals surface area (Å²) in [6, 6.07) is 8.23. The zero-order valence-corrected chi connectivity index (χ0v) is 11.4. The van der Waals surface area contributed by atoms with E-state index in [1.54, 1.807) is 11.8 Å². The van der Waals surface area contributed by atoms with E-state index < -0.39 is 0 Å². The molecule has 0 bridgehead atoms. The first-order chi connectivity index (χ1) is 8.36. The molecule has 0 amide bonds. The van der Waals surface area contributed by atoms with Gasteiger partial charge in [0.15, 0.2) is 5.16 Å². The van der Waals surface area contributed by atoms with Gasteiger partial charge in [-0.3, -0.25) is 0 Å². The van der Waals surface area contributed by atoms with Crippen molar-refractivity contribution in [2.45, 2.75) is 11.7 Å². The van der Waals surface area contributed by atoms with Crippen LogP contribution in [-0.4, -0.2) is 27.3 Å². The van der Waals surface area contributed by atoms with Crippen LogP contribution in [0.25, 0.3) is 11.0 Å². The number of fused-ring (bicyclic) bond motifs is 1. The smallest absolute Gasteiger partial charge is 0.170 e. The summed E-state index contributed by atoms with van der Waals surface area (Å²) in [4.78, 5) is 4.62. The van der Waals surface area contributed by atoms with Gasteiger partial charge in [0.2, 0.25) is 0 Å². The minimum absolute atomic E-state index is 0.669. The average molecular weight is 262 g/mol. The predicted molar refractivity (Wildman–Crippen MR) is 77.7 cm³/mol. The Morgan fingerprint density at radius 2 is 2.24 bits per heavy atom. The number of nitrogens with zero attached hydrogens (tertiary/aromatic N) is 2. The zero-order valence-electron chi connectivity index (χ0n) is 9.72. The number of aryl methyl sites for hydroxylation is 1. The molecule has 0 saturated carbocycles. The molecular weight excluding hydrogens is 248 g/mol. The van der Waals surface area contributed by atoms with Gasteiger partial charge in [0.05, 0.1) is 16.8 Å². The van der Waals surface area contributed by atoms with E-state index in [4.69, 9.17) is 6.42 Å². The van der Waals surface area contributed by atoms with E-state index in [-0.39, 0.29) is 0 Å². The molecular formula is C13H14N2S2. The van der Waals surface area contributed by atoms with E-state index in [0.29, 0.717) is 5.75 Å². The summed E-state index contributed by atoms with van der Waals surface area (Å²) in [5, 5.41) is 1.03.